The van der Waals surface area contributed by atoms with Crippen LogP contribution >= 0.6 is 11.6 Å². The summed E-state index contributed by atoms with van der Waals surface area (Å²) in [6, 6.07) is 7.12. The number of rotatable bonds is 2. The largest absolute Gasteiger partial charge is 0.447 e. The van der Waals surface area contributed by atoms with Crippen molar-refractivity contribution in [2.24, 2.45) is 0 Å². The first-order chi connectivity index (χ1) is 8.38. The smallest absolute Gasteiger partial charge is 0.416 e. The van der Waals surface area contributed by atoms with E-state index in [2.05, 4.69) is 0 Å². The van der Waals surface area contributed by atoms with Crippen molar-refractivity contribution in [2.45, 2.75) is 12.3 Å². The Morgan fingerprint density at radius 3 is 2.11 bits per heavy atom. The number of hydrogen-bond acceptors (Lipinski definition) is 2. The van der Waals surface area contributed by atoms with Gasteiger partial charge in [0, 0.05) is 0 Å². The van der Waals surface area contributed by atoms with Crippen molar-refractivity contribution in [3.8, 4) is 0 Å². The first-order valence-electron chi connectivity index (χ1n) is 4.98. The van der Waals surface area contributed by atoms with Crippen LogP contribution in [0.1, 0.15) is 23.0 Å². The van der Waals surface area contributed by atoms with Gasteiger partial charge in [-0.3, -0.25) is 0 Å². The Balaban J connectivity index is 2.24. The molecule has 2 aromatic rings. The van der Waals surface area contributed by atoms with Gasteiger partial charge in [0.2, 0.25) is 0 Å². The lowest BCUT2D eigenvalue weighted by Gasteiger charge is -2.10. The fourth-order valence-corrected chi connectivity index (χ4v) is 1.65. The average Bonchev–Trinajstić information content (AvgIpc) is 2.74. The number of benzene rings is 1. The molecule has 1 aromatic heterocycles. The van der Waals surface area contributed by atoms with Gasteiger partial charge in [0.25, 0.3) is 0 Å². The summed E-state index contributed by atoms with van der Waals surface area (Å²) in [7, 11) is 0. The minimum atomic E-state index is -4.39. The third kappa shape index (κ3) is 2.68. The zero-order chi connectivity index (χ0) is 13.3. The predicted octanol–water partition coefficient (Wildman–Crippen LogP) is 4.03. The lowest BCUT2D eigenvalue weighted by Crippen LogP contribution is -2.05. The fraction of sp³-hybridized carbons (Fsp3) is 0.167. The van der Waals surface area contributed by atoms with Crippen LogP contribution in [0.5, 0.6) is 0 Å². The minimum Gasteiger partial charge on any atom is -0.447 e. The quantitative estimate of drug-likeness (QED) is 0.898. The van der Waals surface area contributed by atoms with E-state index in [-0.39, 0.29) is 11.0 Å². The van der Waals surface area contributed by atoms with Crippen LogP contribution in [0, 0.1) is 0 Å². The second-order valence-corrected chi connectivity index (χ2v) is 4.04. The maximum Gasteiger partial charge on any atom is 0.416 e. The molecule has 0 aliphatic heterocycles. The summed E-state index contributed by atoms with van der Waals surface area (Å²) >= 11 is 5.55. The molecule has 2 nitrogen and oxygen atoms in total. The van der Waals surface area contributed by atoms with Gasteiger partial charge in [0.15, 0.2) is 5.22 Å². The molecule has 0 saturated heterocycles. The molecule has 1 atom stereocenters. The molecule has 1 aromatic carbocycles. The molecule has 1 unspecified atom stereocenters. The highest BCUT2D eigenvalue weighted by Gasteiger charge is 2.30. The highest BCUT2D eigenvalue weighted by molar-refractivity contribution is 6.28. The Morgan fingerprint density at radius 1 is 1.06 bits per heavy atom. The van der Waals surface area contributed by atoms with Crippen molar-refractivity contribution in [3.05, 3.63) is 58.5 Å². The van der Waals surface area contributed by atoms with E-state index in [1.165, 1.54) is 24.3 Å². The third-order valence-corrected chi connectivity index (χ3v) is 2.62. The van der Waals surface area contributed by atoms with Crippen molar-refractivity contribution < 1.29 is 22.7 Å². The second kappa shape index (κ2) is 4.66. The highest BCUT2D eigenvalue weighted by atomic mass is 35.5. The molecule has 18 heavy (non-hydrogen) atoms. The van der Waals surface area contributed by atoms with Gasteiger partial charge in [-0.2, -0.15) is 13.2 Å². The van der Waals surface area contributed by atoms with Gasteiger partial charge in [-0.25, -0.2) is 0 Å². The van der Waals surface area contributed by atoms with E-state index in [9.17, 15) is 18.3 Å². The summed E-state index contributed by atoms with van der Waals surface area (Å²) in [4.78, 5) is 0. The van der Waals surface area contributed by atoms with E-state index in [0.717, 1.165) is 12.1 Å². The number of alkyl halides is 3. The van der Waals surface area contributed by atoms with Crippen LogP contribution in [0.2, 0.25) is 5.22 Å². The average molecular weight is 277 g/mol. The summed E-state index contributed by atoms with van der Waals surface area (Å²) in [6.45, 7) is 0. The molecule has 0 aliphatic carbocycles. The summed E-state index contributed by atoms with van der Waals surface area (Å²) in [5.41, 5.74) is -0.468. The number of halogens is 4. The first-order valence-corrected chi connectivity index (χ1v) is 5.36. The number of furan rings is 1. The fourth-order valence-electron chi connectivity index (χ4n) is 1.49. The van der Waals surface area contributed by atoms with E-state index in [1.54, 1.807) is 0 Å². The van der Waals surface area contributed by atoms with E-state index in [0.29, 0.717) is 5.56 Å². The van der Waals surface area contributed by atoms with Crippen LogP contribution in [0.4, 0.5) is 13.2 Å². The summed E-state index contributed by atoms with van der Waals surface area (Å²) in [5, 5.41) is 9.97. The van der Waals surface area contributed by atoms with Gasteiger partial charge in [0.05, 0.1) is 5.56 Å². The van der Waals surface area contributed by atoms with Crippen molar-refractivity contribution >= 4 is 11.6 Å². The molecular weight excluding hydrogens is 269 g/mol. The molecule has 96 valence electrons. The minimum absolute atomic E-state index is 0.107. The van der Waals surface area contributed by atoms with Crippen LogP contribution in [0.3, 0.4) is 0 Å². The summed E-state index contributed by atoms with van der Waals surface area (Å²) in [5.74, 6) is 0.180. The molecule has 1 N–H and O–H groups in total. The topological polar surface area (TPSA) is 33.4 Å². The maximum absolute atomic E-state index is 12.3. The number of hydrogen-bond donors (Lipinski definition) is 1. The van der Waals surface area contributed by atoms with Crippen molar-refractivity contribution in [3.63, 3.8) is 0 Å². The number of aliphatic hydroxyl groups is 1. The molecule has 0 amide bonds. The molecule has 0 aliphatic rings. The molecule has 0 spiro atoms. The monoisotopic (exact) mass is 276 g/mol. The van der Waals surface area contributed by atoms with Gasteiger partial charge in [-0.1, -0.05) is 12.1 Å². The lowest BCUT2D eigenvalue weighted by atomic mass is 10.1. The van der Waals surface area contributed by atoms with Crippen molar-refractivity contribution in [1.82, 2.24) is 0 Å². The Kier molecular flexibility index (Phi) is 3.36. The SMILES string of the molecule is OC(c1ccc(C(F)(F)F)cc1)c1ccc(Cl)o1. The van der Waals surface area contributed by atoms with Crippen LogP contribution < -0.4 is 0 Å². The normalized spacial score (nSPS) is 13.6. The molecule has 2 rings (SSSR count). The van der Waals surface area contributed by atoms with E-state index < -0.39 is 17.8 Å². The van der Waals surface area contributed by atoms with Crippen LogP contribution in [0.15, 0.2) is 40.8 Å². The standard InChI is InChI=1S/C12H8ClF3O2/c13-10-6-5-9(18-10)11(17)7-1-3-8(4-2-7)12(14,15)16/h1-6,11,17H. The first kappa shape index (κ1) is 13.0. The van der Waals surface area contributed by atoms with E-state index in [1.807, 2.05) is 0 Å². The van der Waals surface area contributed by atoms with Crippen LogP contribution in [0.25, 0.3) is 0 Å². The third-order valence-electron chi connectivity index (χ3n) is 2.42. The number of aliphatic hydroxyl groups excluding tert-OH is 1. The van der Waals surface area contributed by atoms with Gasteiger partial charge < -0.3 is 9.52 Å². The summed E-state index contributed by atoms with van der Waals surface area (Å²) in [6.07, 6.45) is -5.53. The van der Waals surface area contributed by atoms with Crippen LogP contribution in [-0.4, -0.2) is 5.11 Å². The molecule has 1 heterocycles. The molecule has 0 bridgehead atoms. The molecule has 0 saturated carbocycles. The molecule has 0 fully saturated rings. The van der Waals surface area contributed by atoms with Gasteiger partial charge in [-0.15, -0.1) is 0 Å². The second-order valence-electron chi connectivity index (χ2n) is 3.66. The predicted molar refractivity (Wildman–Crippen MR) is 59.2 cm³/mol. The Bertz CT molecular complexity index is 531. The van der Waals surface area contributed by atoms with Gasteiger partial charge in [0.1, 0.15) is 11.9 Å². The Morgan fingerprint density at radius 2 is 1.67 bits per heavy atom. The molecular formula is C12H8ClF3O2. The summed E-state index contributed by atoms with van der Waals surface area (Å²) < 4.78 is 42.0. The zero-order valence-electron chi connectivity index (χ0n) is 8.91. The Hall–Kier alpha value is -1.46. The van der Waals surface area contributed by atoms with E-state index in [4.69, 9.17) is 16.0 Å². The molecule has 0 radical (unpaired) electrons. The zero-order valence-corrected chi connectivity index (χ0v) is 9.66. The van der Waals surface area contributed by atoms with Gasteiger partial charge >= 0.3 is 6.18 Å². The lowest BCUT2D eigenvalue weighted by molar-refractivity contribution is -0.137. The maximum atomic E-state index is 12.3. The molecule has 6 heteroatoms. The highest BCUT2D eigenvalue weighted by Crippen LogP contribution is 2.31. The van der Waals surface area contributed by atoms with Gasteiger partial charge in [-0.05, 0) is 41.4 Å². The van der Waals surface area contributed by atoms with Crippen LogP contribution in [-0.2, 0) is 6.18 Å². The van der Waals surface area contributed by atoms with E-state index >= 15 is 0 Å². The van der Waals surface area contributed by atoms with Crippen molar-refractivity contribution in [2.75, 3.05) is 0 Å². The Labute approximate surface area is 106 Å². The van der Waals surface area contributed by atoms with Crippen molar-refractivity contribution in [1.29, 1.82) is 0 Å².